The minimum absolute atomic E-state index is 0.0167. The number of hydrogen-bond donors (Lipinski definition) is 0. The van der Waals surface area contributed by atoms with E-state index >= 15 is 0 Å². The molecule has 0 radical (unpaired) electrons. The van der Waals surface area contributed by atoms with Gasteiger partial charge in [-0.1, -0.05) is 19.9 Å². The Morgan fingerprint density at radius 1 is 1.22 bits per heavy atom. The van der Waals surface area contributed by atoms with E-state index in [1.807, 2.05) is 30.2 Å². The predicted molar refractivity (Wildman–Crippen MR) is 101 cm³/mol. The van der Waals surface area contributed by atoms with Crippen LogP contribution in [0.5, 0.6) is 0 Å². The van der Waals surface area contributed by atoms with E-state index < -0.39 is 27.7 Å². The second kappa shape index (κ2) is 7.69. The Kier molecular flexibility index (Phi) is 5.68. The van der Waals surface area contributed by atoms with E-state index in [9.17, 15) is 22.8 Å². The number of carbonyl (C=O) groups is 3. The highest BCUT2D eigenvalue weighted by Gasteiger charge is 2.46. The number of amides is 4. The van der Waals surface area contributed by atoms with Gasteiger partial charge in [0.1, 0.15) is 0 Å². The molecule has 4 amide bonds. The lowest BCUT2D eigenvalue weighted by Gasteiger charge is -2.32. The van der Waals surface area contributed by atoms with Gasteiger partial charge in [0, 0.05) is 17.5 Å². The summed E-state index contributed by atoms with van der Waals surface area (Å²) in [5.41, 5.74) is 0. The van der Waals surface area contributed by atoms with Crippen molar-refractivity contribution in [3.8, 4) is 0 Å². The Bertz CT molecular complexity index is 835. The van der Waals surface area contributed by atoms with Crippen LogP contribution in [-0.4, -0.2) is 71.7 Å². The van der Waals surface area contributed by atoms with E-state index in [2.05, 4.69) is 0 Å². The van der Waals surface area contributed by atoms with Crippen LogP contribution in [0.25, 0.3) is 0 Å². The van der Waals surface area contributed by atoms with E-state index in [0.717, 1.165) is 14.7 Å². The maximum atomic E-state index is 12.7. The third-order valence-electron chi connectivity index (χ3n) is 4.68. The van der Waals surface area contributed by atoms with Crippen molar-refractivity contribution in [3.63, 3.8) is 0 Å². The van der Waals surface area contributed by atoms with Crippen LogP contribution in [0.3, 0.4) is 0 Å². The van der Waals surface area contributed by atoms with E-state index in [1.165, 1.54) is 11.3 Å². The van der Waals surface area contributed by atoms with Crippen LogP contribution >= 0.6 is 11.3 Å². The second-order valence-electron chi connectivity index (χ2n) is 7.35. The quantitative estimate of drug-likeness (QED) is 0.491. The summed E-state index contributed by atoms with van der Waals surface area (Å²) in [6.07, 6.45) is 0.470. The number of sulfone groups is 1. The first-order chi connectivity index (χ1) is 12.7. The number of thiophene rings is 1. The number of urea groups is 1. The number of carbonyl (C=O) groups excluding carboxylic acids is 3. The molecule has 0 aromatic carbocycles. The van der Waals surface area contributed by atoms with Gasteiger partial charge in [-0.3, -0.25) is 19.4 Å². The summed E-state index contributed by atoms with van der Waals surface area (Å²) in [4.78, 5) is 41.9. The zero-order chi connectivity index (χ0) is 19.8. The lowest BCUT2D eigenvalue weighted by molar-refractivity contribution is -0.144. The van der Waals surface area contributed by atoms with Gasteiger partial charge < -0.3 is 0 Å². The SMILES string of the molecule is CC(C)CN(CN1C(=O)C(=O)N(Cc2cccs2)C1=O)[C@H]1CCS(=O)(=O)C1. The van der Waals surface area contributed by atoms with Gasteiger partial charge in [-0.15, -0.1) is 11.3 Å². The predicted octanol–water partition coefficient (Wildman–Crippen LogP) is 1.14. The summed E-state index contributed by atoms with van der Waals surface area (Å²) in [6.45, 7) is 4.51. The monoisotopic (exact) mass is 413 g/mol. The fraction of sp³-hybridized carbons (Fsp3) is 0.588. The van der Waals surface area contributed by atoms with Gasteiger partial charge in [0.2, 0.25) is 0 Å². The molecule has 2 saturated heterocycles. The summed E-state index contributed by atoms with van der Waals surface area (Å²) in [5.74, 6) is -1.34. The Labute approximate surface area is 162 Å². The first-order valence-electron chi connectivity index (χ1n) is 8.82. The van der Waals surface area contributed by atoms with Crippen molar-refractivity contribution < 1.29 is 22.8 Å². The molecule has 0 spiro atoms. The maximum Gasteiger partial charge on any atom is 0.335 e. The van der Waals surface area contributed by atoms with Crippen molar-refractivity contribution in [2.75, 3.05) is 24.7 Å². The number of rotatable bonds is 7. The summed E-state index contributed by atoms with van der Waals surface area (Å²) in [7, 11) is -3.10. The van der Waals surface area contributed by atoms with E-state index in [1.54, 1.807) is 6.07 Å². The highest BCUT2D eigenvalue weighted by molar-refractivity contribution is 7.91. The van der Waals surface area contributed by atoms with Gasteiger partial charge in [0.15, 0.2) is 9.84 Å². The minimum Gasteiger partial charge on any atom is -0.281 e. The first kappa shape index (κ1) is 20.0. The fourth-order valence-corrected chi connectivity index (χ4v) is 5.86. The number of nitrogens with zero attached hydrogens (tertiary/aromatic N) is 3. The van der Waals surface area contributed by atoms with Crippen molar-refractivity contribution >= 4 is 39.0 Å². The summed E-state index contributed by atoms with van der Waals surface area (Å²) >= 11 is 1.41. The Morgan fingerprint density at radius 2 is 1.93 bits per heavy atom. The third kappa shape index (κ3) is 4.39. The molecule has 0 N–H and O–H groups in total. The van der Waals surface area contributed by atoms with Crippen molar-refractivity contribution in [3.05, 3.63) is 22.4 Å². The molecule has 8 nitrogen and oxygen atoms in total. The van der Waals surface area contributed by atoms with Gasteiger partial charge in [-0.05, 0) is 23.8 Å². The van der Waals surface area contributed by atoms with E-state index in [-0.39, 0.29) is 36.7 Å². The zero-order valence-corrected chi connectivity index (χ0v) is 17.0. The van der Waals surface area contributed by atoms with Gasteiger partial charge in [0.05, 0.1) is 24.7 Å². The molecular weight excluding hydrogens is 390 g/mol. The molecule has 2 aliphatic rings. The zero-order valence-electron chi connectivity index (χ0n) is 15.3. The van der Waals surface area contributed by atoms with Crippen LogP contribution in [0.1, 0.15) is 25.1 Å². The summed E-state index contributed by atoms with van der Waals surface area (Å²) in [5, 5.41) is 1.84. The van der Waals surface area contributed by atoms with Crippen molar-refractivity contribution in [1.29, 1.82) is 0 Å². The molecule has 3 rings (SSSR count). The largest absolute Gasteiger partial charge is 0.335 e. The van der Waals surface area contributed by atoms with Crippen LogP contribution in [-0.2, 0) is 26.0 Å². The molecule has 27 heavy (non-hydrogen) atoms. The van der Waals surface area contributed by atoms with Crippen molar-refractivity contribution in [2.24, 2.45) is 5.92 Å². The molecule has 1 atom stereocenters. The number of hydrogen-bond acceptors (Lipinski definition) is 7. The van der Waals surface area contributed by atoms with Gasteiger partial charge >= 0.3 is 17.8 Å². The second-order valence-corrected chi connectivity index (χ2v) is 10.6. The van der Waals surface area contributed by atoms with Crippen molar-refractivity contribution in [2.45, 2.75) is 32.9 Å². The molecule has 0 saturated carbocycles. The molecular formula is C17H23N3O5S2. The molecule has 0 unspecified atom stereocenters. The molecule has 10 heteroatoms. The summed E-state index contributed by atoms with van der Waals surface area (Å²) in [6, 6.07) is 2.72. The minimum atomic E-state index is -3.10. The molecule has 2 aliphatic heterocycles. The highest BCUT2D eigenvalue weighted by atomic mass is 32.2. The number of imide groups is 2. The first-order valence-corrected chi connectivity index (χ1v) is 11.5. The maximum absolute atomic E-state index is 12.7. The molecule has 0 aliphatic carbocycles. The Morgan fingerprint density at radius 3 is 2.48 bits per heavy atom. The van der Waals surface area contributed by atoms with Crippen molar-refractivity contribution in [1.82, 2.24) is 14.7 Å². The standard InChI is InChI=1S/C17H23N3O5S2/c1-12(2)8-18(13-5-7-27(24,25)10-13)11-20-16(22)15(21)19(17(20)23)9-14-4-3-6-26-14/h3-4,6,12-13H,5,7-11H2,1-2H3/t13-/m0/s1. The molecule has 2 fully saturated rings. The van der Waals surface area contributed by atoms with E-state index in [4.69, 9.17) is 0 Å². The lowest BCUT2D eigenvalue weighted by Crippen LogP contribution is -2.48. The van der Waals surface area contributed by atoms with Gasteiger partial charge in [-0.2, -0.15) is 0 Å². The molecule has 148 valence electrons. The van der Waals surface area contributed by atoms with Gasteiger partial charge in [0.25, 0.3) is 0 Å². The normalized spacial score (nSPS) is 22.7. The van der Waals surface area contributed by atoms with Crippen LogP contribution in [0.15, 0.2) is 17.5 Å². The Balaban J connectivity index is 1.75. The van der Waals surface area contributed by atoms with Gasteiger partial charge in [-0.25, -0.2) is 18.1 Å². The van der Waals surface area contributed by atoms with Crippen LogP contribution in [0, 0.1) is 5.92 Å². The lowest BCUT2D eigenvalue weighted by atomic mass is 10.1. The molecule has 1 aromatic rings. The molecule has 1 aromatic heterocycles. The average Bonchev–Trinajstić information content (AvgIpc) is 3.27. The average molecular weight is 414 g/mol. The Hall–Kier alpha value is -1.78. The van der Waals surface area contributed by atoms with Crippen LogP contribution in [0.4, 0.5) is 4.79 Å². The summed E-state index contributed by atoms with van der Waals surface area (Å²) < 4.78 is 23.7. The van der Waals surface area contributed by atoms with Crippen LogP contribution in [0.2, 0.25) is 0 Å². The molecule has 0 bridgehead atoms. The highest BCUT2D eigenvalue weighted by Crippen LogP contribution is 2.23. The fourth-order valence-electron chi connectivity index (χ4n) is 3.41. The smallest absolute Gasteiger partial charge is 0.281 e. The third-order valence-corrected chi connectivity index (χ3v) is 7.29. The topological polar surface area (TPSA) is 95.1 Å². The van der Waals surface area contributed by atoms with E-state index in [0.29, 0.717) is 13.0 Å². The van der Waals surface area contributed by atoms with Crippen LogP contribution < -0.4 is 0 Å². The molecule has 3 heterocycles.